The van der Waals surface area contributed by atoms with Crippen LogP contribution in [0.2, 0.25) is 0 Å². The van der Waals surface area contributed by atoms with Crippen molar-refractivity contribution in [3.63, 3.8) is 0 Å². The fourth-order valence-electron chi connectivity index (χ4n) is 1.95. The van der Waals surface area contributed by atoms with E-state index in [0.29, 0.717) is 18.5 Å². The van der Waals surface area contributed by atoms with Crippen LogP contribution >= 0.6 is 0 Å². The molecule has 2 rings (SSSR count). The number of nitrogens with one attached hydrogen (secondary N) is 2. The fourth-order valence-corrected chi connectivity index (χ4v) is 1.95. The van der Waals surface area contributed by atoms with Crippen molar-refractivity contribution in [1.82, 2.24) is 15.6 Å². The molecule has 2 amide bonds. The number of piperidine rings is 1. The maximum absolute atomic E-state index is 12.0. The van der Waals surface area contributed by atoms with Gasteiger partial charge in [-0.2, -0.15) is 0 Å². The second-order valence-corrected chi connectivity index (χ2v) is 4.61. The van der Waals surface area contributed by atoms with E-state index in [4.69, 9.17) is 5.11 Å². The van der Waals surface area contributed by atoms with Gasteiger partial charge in [0.1, 0.15) is 11.7 Å². The highest BCUT2D eigenvalue weighted by Crippen LogP contribution is 2.06. The summed E-state index contributed by atoms with van der Waals surface area (Å²) in [6, 6.07) is 2.54. The molecule has 2 heterocycles. The number of hydrogen-bond acceptors (Lipinski definition) is 4. The molecule has 1 unspecified atom stereocenters. The summed E-state index contributed by atoms with van der Waals surface area (Å²) in [5.74, 6) is -1.67. The third kappa shape index (κ3) is 4.13. The predicted molar refractivity (Wildman–Crippen MR) is 74.4 cm³/mol. The molecule has 0 spiro atoms. The van der Waals surface area contributed by atoms with Crippen LogP contribution in [-0.2, 0) is 9.59 Å². The quantitative estimate of drug-likeness (QED) is 0.686. The molecule has 3 N–H and O–H groups in total. The molecule has 110 valence electrons. The van der Waals surface area contributed by atoms with Crippen LogP contribution in [0.3, 0.4) is 0 Å². The van der Waals surface area contributed by atoms with Crippen LogP contribution in [0.5, 0.6) is 0 Å². The Labute approximate surface area is 121 Å². The zero-order valence-electron chi connectivity index (χ0n) is 11.2. The summed E-state index contributed by atoms with van der Waals surface area (Å²) in [6.07, 6.45) is 5.20. The summed E-state index contributed by atoms with van der Waals surface area (Å²) in [6.45, 7) is 0.633. The minimum absolute atomic E-state index is 0.181. The minimum Gasteiger partial charge on any atom is -0.478 e. The van der Waals surface area contributed by atoms with Gasteiger partial charge in [-0.25, -0.2) is 4.79 Å². The minimum atomic E-state index is -1.06. The number of carbonyl (C=O) groups excluding carboxylic acids is 2. The molecule has 1 aliphatic heterocycles. The standard InChI is InChI=1S/C14H15N3O4/c18-12(19)6-4-9-3-5-10(16-8-9)14(21)17-11-2-1-7-15-13(11)20/h3-6,8,11H,1-2,7H2,(H,15,20)(H,17,21)(H,18,19). The number of carboxylic acid groups (broad SMARTS) is 1. The summed E-state index contributed by atoms with van der Waals surface area (Å²) in [7, 11) is 0. The lowest BCUT2D eigenvalue weighted by Gasteiger charge is -2.22. The number of aromatic nitrogens is 1. The third-order valence-electron chi connectivity index (χ3n) is 3.03. The van der Waals surface area contributed by atoms with Crippen LogP contribution in [0.15, 0.2) is 24.4 Å². The molecule has 0 bridgehead atoms. The van der Waals surface area contributed by atoms with Crippen LogP contribution in [0.1, 0.15) is 28.9 Å². The second kappa shape index (κ2) is 6.65. The van der Waals surface area contributed by atoms with Crippen LogP contribution in [0, 0.1) is 0 Å². The number of hydrogen-bond donors (Lipinski definition) is 3. The Morgan fingerprint density at radius 3 is 2.86 bits per heavy atom. The molecule has 0 aromatic carbocycles. The SMILES string of the molecule is O=C(O)C=Cc1ccc(C(=O)NC2CCCNC2=O)nc1. The highest BCUT2D eigenvalue weighted by molar-refractivity contribution is 5.96. The molecular weight excluding hydrogens is 274 g/mol. The van der Waals surface area contributed by atoms with Crippen molar-refractivity contribution in [3.05, 3.63) is 35.7 Å². The Bertz CT molecular complexity index is 580. The van der Waals surface area contributed by atoms with E-state index in [1.165, 1.54) is 18.3 Å². The summed E-state index contributed by atoms with van der Waals surface area (Å²) < 4.78 is 0. The van der Waals surface area contributed by atoms with E-state index >= 15 is 0 Å². The molecule has 0 aliphatic carbocycles. The fraction of sp³-hybridized carbons (Fsp3) is 0.286. The van der Waals surface area contributed by atoms with Crippen LogP contribution in [0.4, 0.5) is 0 Å². The summed E-state index contributed by atoms with van der Waals surface area (Å²) in [5.41, 5.74) is 0.755. The van der Waals surface area contributed by atoms with Crippen LogP contribution in [0.25, 0.3) is 6.08 Å². The Balaban J connectivity index is 1.99. The van der Waals surface area contributed by atoms with Crippen molar-refractivity contribution in [1.29, 1.82) is 0 Å². The van der Waals surface area contributed by atoms with Crippen molar-refractivity contribution in [3.8, 4) is 0 Å². The average molecular weight is 289 g/mol. The normalized spacial score (nSPS) is 18.3. The van der Waals surface area contributed by atoms with Crippen LogP contribution < -0.4 is 10.6 Å². The summed E-state index contributed by atoms with van der Waals surface area (Å²) in [5, 5.41) is 13.8. The predicted octanol–water partition coefficient (Wildman–Crippen LogP) is 0.188. The highest BCUT2D eigenvalue weighted by atomic mass is 16.4. The lowest BCUT2D eigenvalue weighted by molar-refractivity contribution is -0.131. The Kier molecular flexibility index (Phi) is 4.65. The molecule has 1 atom stereocenters. The first kappa shape index (κ1) is 14.7. The van der Waals surface area contributed by atoms with E-state index in [9.17, 15) is 14.4 Å². The number of nitrogens with zero attached hydrogens (tertiary/aromatic N) is 1. The highest BCUT2D eigenvalue weighted by Gasteiger charge is 2.24. The second-order valence-electron chi connectivity index (χ2n) is 4.61. The zero-order chi connectivity index (χ0) is 15.2. The smallest absolute Gasteiger partial charge is 0.328 e. The molecule has 1 aromatic rings. The van der Waals surface area contributed by atoms with Crippen LogP contribution in [-0.4, -0.2) is 40.5 Å². The van der Waals surface area contributed by atoms with E-state index < -0.39 is 17.9 Å². The maximum atomic E-state index is 12.0. The third-order valence-corrected chi connectivity index (χ3v) is 3.03. The largest absolute Gasteiger partial charge is 0.478 e. The van der Waals surface area contributed by atoms with Gasteiger partial charge in [-0.15, -0.1) is 0 Å². The Hall–Kier alpha value is -2.70. The summed E-state index contributed by atoms with van der Waals surface area (Å²) >= 11 is 0. The molecule has 1 fully saturated rings. The molecule has 21 heavy (non-hydrogen) atoms. The van der Waals surface area contributed by atoms with Gasteiger partial charge in [0.2, 0.25) is 5.91 Å². The maximum Gasteiger partial charge on any atom is 0.328 e. The van der Waals surface area contributed by atoms with Gasteiger partial charge >= 0.3 is 5.97 Å². The number of amides is 2. The number of carbonyl (C=O) groups is 3. The number of aliphatic carboxylic acids is 1. The molecule has 0 saturated carbocycles. The van der Waals surface area contributed by atoms with Crippen molar-refractivity contribution >= 4 is 23.9 Å². The first-order valence-corrected chi connectivity index (χ1v) is 6.52. The van der Waals surface area contributed by atoms with Crippen molar-refractivity contribution in [2.75, 3.05) is 6.54 Å². The lowest BCUT2D eigenvalue weighted by atomic mass is 10.1. The van der Waals surface area contributed by atoms with Crippen molar-refractivity contribution < 1.29 is 19.5 Å². The van der Waals surface area contributed by atoms with Crippen molar-refractivity contribution in [2.45, 2.75) is 18.9 Å². The molecule has 1 saturated heterocycles. The van der Waals surface area contributed by atoms with E-state index in [2.05, 4.69) is 15.6 Å². The van der Waals surface area contributed by atoms with Gasteiger partial charge in [0.05, 0.1) is 0 Å². The van der Waals surface area contributed by atoms with Gasteiger partial charge < -0.3 is 15.7 Å². The molecule has 1 aromatic heterocycles. The molecule has 1 aliphatic rings. The molecular formula is C14H15N3O4. The molecule has 7 nitrogen and oxygen atoms in total. The van der Waals surface area contributed by atoms with Gasteiger partial charge in [-0.1, -0.05) is 6.07 Å². The molecule has 0 radical (unpaired) electrons. The Morgan fingerprint density at radius 1 is 1.43 bits per heavy atom. The van der Waals surface area contributed by atoms with Gasteiger partial charge in [-0.3, -0.25) is 14.6 Å². The first-order chi connectivity index (χ1) is 10.1. The first-order valence-electron chi connectivity index (χ1n) is 6.52. The lowest BCUT2D eigenvalue weighted by Crippen LogP contribution is -2.50. The van der Waals surface area contributed by atoms with E-state index in [-0.39, 0.29) is 11.6 Å². The number of carboxylic acids is 1. The number of rotatable bonds is 4. The van der Waals surface area contributed by atoms with Gasteiger partial charge in [0, 0.05) is 18.8 Å². The van der Waals surface area contributed by atoms with E-state index in [1.807, 2.05) is 0 Å². The van der Waals surface area contributed by atoms with Gasteiger partial charge in [-0.05, 0) is 30.5 Å². The summed E-state index contributed by atoms with van der Waals surface area (Å²) in [4.78, 5) is 37.9. The van der Waals surface area contributed by atoms with Gasteiger partial charge in [0.15, 0.2) is 0 Å². The number of pyridine rings is 1. The molecule has 7 heteroatoms. The average Bonchev–Trinajstić information content (AvgIpc) is 2.48. The monoisotopic (exact) mass is 289 g/mol. The Morgan fingerprint density at radius 2 is 2.24 bits per heavy atom. The van der Waals surface area contributed by atoms with E-state index in [1.54, 1.807) is 6.07 Å². The van der Waals surface area contributed by atoms with Crippen molar-refractivity contribution in [2.24, 2.45) is 0 Å². The van der Waals surface area contributed by atoms with E-state index in [0.717, 1.165) is 12.5 Å². The topological polar surface area (TPSA) is 108 Å². The zero-order valence-corrected chi connectivity index (χ0v) is 11.2. The van der Waals surface area contributed by atoms with Gasteiger partial charge in [0.25, 0.3) is 5.91 Å².